The Morgan fingerprint density at radius 2 is 1.97 bits per heavy atom. The SMILES string of the molecule is CC(C)(C)c1nc2c(s1)CC1(CCN(C(=O)c3cc(Cl)c4[nH]ncc4c3)CC1)CC2=O. The number of benzene rings is 1. The van der Waals surface area contributed by atoms with Gasteiger partial charge in [0.25, 0.3) is 5.91 Å². The Morgan fingerprint density at radius 3 is 2.68 bits per heavy atom. The summed E-state index contributed by atoms with van der Waals surface area (Å²) in [6, 6.07) is 3.54. The lowest BCUT2D eigenvalue weighted by Crippen LogP contribution is -2.46. The molecule has 6 nitrogen and oxygen atoms in total. The number of carbonyl (C=O) groups excluding carboxylic acids is 2. The van der Waals surface area contributed by atoms with Gasteiger partial charge in [-0.2, -0.15) is 5.10 Å². The highest BCUT2D eigenvalue weighted by atomic mass is 35.5. The number of aromatic amines is 1. The van der Waals surface area contributed by atoms with Crippen LogP contribution in [0.5, 0.6) is 0 Å². The van der Waals surface area contributed by atoms with Gasteiger partial charge < -0.3 is 4.90 Å². The first-order chi connectivity index (χ1) is 14.7. The van der Waals surface area contributed by atoms with Crippen molar-refractivity contribution in [1.82, 2.24) is 20.1 Å². The summed E-state index contributed by atoms with van der Waals surface area (Å²) in [7, 11) is 0. The van der Waals surface area contributed by atoms with Crippen LogP contribution >= 0.6 is 22.9 Å². The Hall–Kier alpha value is -2.25. The van der Waals surface area contributed by atoms with Gasteiger partial charge in [0.15, 0.2) is 5.78 Å². The minimum absolute atomic E-state index is 0.0181. The molecule has 5 rings (SSSR count). The minimum atomic E-state index is -0.0608. The first-order valence-corrected chi connectivity index (χ1v) is 11.8. The maximum atomic E-state index is 13.1. The standard InChI is InChI=1S/C23H25ClN4O2S/c1-22(2,3)21-26-19-16(29)10-23(11-17(19)31-21)4-6-28(7-5-23)20(30)13-8-14-12-25-27-18(14)15(24)9-13/h8-9,12H,4-7,10-11H2,1-3H3,(H,25,27). The van der Waals surface area contributed by atoms with Crippen molar-refractivity contribution >= 4 is 45.5 Å². The molecular formula is C23H25ClN4O2S. The van der Waals surface area contributed by atoms with E-state index in [1.54, 1.807) is 23.6 Å². The van der Waals surface area contributed by atoms with E-state index in [0.717, 1.165) is 40.1 Å². The molecule has 1 aromatic carbocycles. The molecule has 0 radical (unpaired) electrons. The van der Waals surface area contributed by atoms with Crippen molar-refractivity contribution < 1.29 is 9.59 Å². The number of piperidine rings is 1. The predicted molar refractivity (Wildman–Crippen MR) is 122 cm³/mol. The zero-order valence-electron chi connectivity index (χ0n) is 17.9. The van der Waals surface area contributed by atoms with Gasteiger partial charge in [0, 0.05) is 40.8 Å². The van der Waals surface area contributed by atoms with Crippen LogP contribution in [0.15, 0.2) is 18.3 Å². The molecule has 1 amide bonds. The highest BCUT2D eigenvalue weighted by Gasteiger charge is 2.43. The third-order valence-electron chi connectivity index (χ3n) is 6.53. The molecule has 3 heterocycles. The summed E-state index contributed by atoms with van der Waals surface area (Å²) in [5.41, 5.74) is 1.89. The van der Waals surface area contributed by atoms with E-state index in [-0.39, 0.29) is 22.5 Å². The quantitative estimate of drug-likeness (QED) is 0.557. The summed E-state index contributed by atoms with van der Waals surface area (Å²) >= 11 is 8.00. The third-order valence-corrected chi connectivity index (χ3v) is 8.31. The number of halogens is 1. The van der Waals surface area contributed by atoms with E-state index in [1.807, 2.05) is 11.0 Å². The first kappa shape index (κ1) is 20.6. The van der Waals surface area contributed by atoms with Crippen LogP contribution in [0, 0.1) is 5.41 Å². The number of nitrogens with one attached hydrogen (secondary N) is 1. The van der Waals surface area contributed by atoms with Crippen LogP contribution in [-0.4, -0.2) is 44.9 Å². The highest BCUT2D eigenvalue weighted by Crippen LogP contribution is 2.46. The number of likely N-dealkylation sites (tertiary alicyclic amines) is 1. The van der Waals surface area contributed by atoms with Crippen molar-refractivity contribution in [3.63, 3.8) is 0 Å². The van der Waals surface area contributed by atoms with Gasteiger partial charge in [-0.15, -0.1) is 11.3 Å². The van der Waals surface area contributed by atoms with Gasteiger partial charge in [0.05, 0.1) is 21.7 Å². The van der Waals surface area contributed by atoms with E-state index in [0.29, 0.717) is 35.8 Å². The molecule has 3 aromatic rings. The van der Waals surface area contributed by atoms with Gasteiger partial charge in [0.1, 0.15) is 5.69 Å². The fraction of sp³-hybridized carbons (Fsp3) is 0.478. The van der Waals surface area contributed by atoms with Gasteiger partial charge in [-0.05, 0) is 36.8 Å². The van der Waals surface area contributed by atoms with Crippen molar-refractivity contribution in [2.24, 2.45) is 5.41 Å². The molecule has 31 heavy (non-hydrogen) atoms. The number of thiazole rings is 1. The van der Waals surface area contributed by atoms with Crippen molar-refractivity contribution in [2.75, 3.05) is 13.1 Å². The maximum absolute atomic E-state index is 13.1. The van der Waals surface area contributed by atoms with E-state index in [1.165, 1.54) is 0 Å². The van der Waals surface area contributed by atoms with Gasteiger partial charge in [-0.25, -0.2) is 4.98 Å². The van der Waals surface area contributed by atoms with E-state index in [2.05, 4.69) is 36.0 Å². The average molecular weight is 457 g/mol. The lowest BCUT2D eigenvalue weighted by molar-refractivity contribution is 0.0522. The van der Waals surface area contributed by atoms with E-state index in [4.69, 9.17) is 11.6 Å². The summed E-state index contributed by atoms with van der Waals surface area (Å²) < 4.78 is 0. The van der Waals surface area contributed by atoms with Crippen LogP contribution in [0.3, 0.4) is 0 Å². The molecule has 2 aromatic heterocycles. The number of aromatic nitrogens is 3. The molecule has 2 aliphatic rings. The molecule has 1 aliphatic heterocycles. The molecule has 1 fully saturated rings. The number of nitrogens with zero attached hydrogens (tertiary/aromatic N) is 3. The second kappa shape index (κ2) is 7.14. The zero-order valence-corrected chi connectivity index (χ0v) is 19.5. The fourth-order valence-electron chi connectivity index (χ4n) is 4.70. The summed E-state index contributed by atoms with van der Waals surface area (Å²) in [6.45, 7) is 7.69. The van der Waals surface area contributed by atoms with Gasteiger partial charge in [0.2, 0.25) is 0 Å². The van der Waals surface area contributed by atoms with E-state index < -0.39 is 0 Å². The maximum Gasteiger partial charge on any atom is 0.253 e. The van der Waals surface area contributed by atoms with Gasteiger partial charge in [-0.3, -0.25) is 14.7 Å². The normalized spacial score (nSPS) is 18.6. The largest absolute Gasteiger partial charge is 0.339 e. The Kier molecular flexibility index (Phi) is 4.75. The summed E-state index contributed by atoms with van der Waals surface area (Å²) in [4.78, 5) is 33.7. The predicted octanol–water partition coefficient (Wildman–Crippen LogP) is 5.02. The zero-order chi connectivity index (χ0) is 22.0. The number of H-pyrrole nitrogens is 1. The van der Waals surface area contributed by atoms with E-state index in [9.17, 15) is 9.59 Å². The molecule has 0 unspecified atom stereocenters. The van der Waals surface area contributed by atoms with E-state index >= 15 is 0 Å². The number of hydrogen-bond acceptors (Lipinski definition) is 5. The Morgan fingerprint density at radius 1 is 1.23 bits per heavy atom. The first-order valence-electron chi connectivity index (χ1n) is 10.6. The smallest absolute Gasteiger partial charge is 0.253 e. The number of carbonyl (C=O) groups is 2. The Balaban J connectivity index is 1.33. The Bertz CT molecular complexity index is 1200. The highest BCUT2D eigenvalue weighted by molar-refractivity contribution is 7.12. The number of fused-ring (bicyclic) bond motifs is 2. The van der Waals surface area contributed by atoms with Crippen LogP contribution in [0.2, 0.25) is 5.02 Å². The molecule has 162 valence electrons. The van der Waals surface area contributed by atoms with Crippen LogP contribution in [-0.2, 0) is 11.8 Å². The number of hydrogen-bond donors (Lipinski definition) is 1. The monoisotopic (exact) mass is 456 g/mol. The van der Waals surface area contributed by atoms with Crippen molar-refractivity contribution in [3.8, 4) is 0 Å². The molecule has 0 saturated carbocycles. The topological polar surface area (TPSA) is 79.0 Å². The molecule has 0 bridgehead atoms. The van der Waals surface area contributed by atoms with Crippen molar-refractivity contribution in [3.05, 3.63) is 44.5 Å². The second-order valence-electron chi connectivity index (χ2n) is 9.90. The van der Waals surface area contributed by atoms with Crippen LogP contribution in [0.25, 0.3) is 10.9 Å². The Labute approximate surface area is 190 Å². The molecular weight excluding hydrogens is 432 g/mol. The van der Waals surface area contributed by atoms with Gasteiger partial charge in [-0.1, -0.05) is 32.4 Å². The molecule has 1 spiro atoms. The average Bonchev–Trinajstić information content (AvgIpc) is 3.35. The second-order valence-corrected chi connectivity index (χ2v) is 11.4. The third kappa shape index (κ3) is 3.57. The van der Waals surface area contributed by atoms with Crippen LogP contribution in [0.1, 0.15) is 70.8 Å². The molecule has 0 atom stereocenters. The molecule has 1 aliphatic carbocycles. The molecule has 1 N–H and O–H groups in total. The fourth-order valence-corrected chi connectivity index (χ4v) is 6.28. The summed E-state index contributed by atoms with van der Waals surface area (Å²) in [5.74, 6) is 0.139. The number of rotatable bonds is 1. The van der Waals surface area contributed by atoms with Gasteiger partial charge >= 0.3 is 0 Å². The lowest BCUT2D eigenvalue weighted by Gasteiger charge is -2.43. The number of Topliss-reactive ketones (excluding diaryl/α,β-unsaturated/α-hetero) is 1. The summed E-state index contributed by atoms with van der Waals surface area (Å²) in [6.07, 6.45) is 4.75. The summed E-state index contributed by atoms with van der Waals surface area (Å²) in [5, 5.41) is 9.21. The van der Waals surface area contributed by atoms with Crippen molar-refractivity contribution in [1.29, 1.82) is 0 Å². The minimum Gasteiger partial charge on any atom is -0.339 e. The molecule has 1 saturated heterocycles. The number of ketones is 1. The number of amides is 1. The lowest BCUT2D eigenvalue weighted by atomic mass is 9.68. The van der Waals surface area contributed by atoms with Crippen molar-refractivity contribution in [2.45, 2.75) is 51.9 Å². The van der Waals surface area contributed by atoms with Crippen LogP contribution in [0.4, 0.5) is 0 Å². The van der Waals surface area contributed by atoms with Crippen LogP contribution < -0.4 is 0 Å². The molecule has 8 heteroatoms.